The molecule has 0 saturated heterocycles. The van der Waals surface area contributed by atoms with Crippen molar-refractivity contribution in [2.45, 2.75) is 12.3 Å². The van der Waals surface area contributed by atoms with Gasteiger partial charge < -0.3 is 16.0 Å². The van der Waals surface area contributed by atoms with Gasteiger partial charge in [0.25, 0.3) is 0 Å². The molecule has 5 rings (SSSR count). The minimum Gasteiger partial charge on any atom is -0.384 e. The van der Waals surface area contributed by atoms with Crippen molar-refractivity contribution in [3.05, 3.63) is 82.8 Å². The molecule has 1 spiro atoms. The first-order valence-electron chi connectivity index (χ1n) is 9.22. The number of nitrogens with zero attached hydrogens (tertiary/aromatic N) is 4. The lowest BCUT2D eigenvalue weighted by atomic mass is 9.68. The van der Waals surface area contributed by atoms with Crippen molar-refractivity contribution in [3.8, 4) is 11.8 Å². The van der Waals surface area contributed by atoms with Gasteiger partial charge in [-0.05, 0) is 25.1 Å². The van der Waals surface area contributed by atoms with Gasteiger partial charge in [-0.2, -0.15) is 10.4 Å². The van der Waals surface area contributed by atoms with Gasteiger partial charge in [-0.25, -0.2) is 4.68 Å². The van der Waals surface area contributed by atoms with Gasteiger partial charge in [0.05, 0.1) is 17.0 Å². The van der Waals surface area contributed by atoms with E-state index in [1.165, 1.54) is 0 Å². The quantitative estimate of drug-likeness (QED) is 0.674. The molecule has 0 fully saturated rings. The SMILES string of the molecule is Cc1nn(-c2ccccc2)c2c1C1(C(=O)N(C)c3ccccc31)C(C#N)=C(N)N2. The van der Waals surface area contributed by atoms with Crippen LogP contribution in [0.1, 0.15) is 16.8 Å². The molecule has 0 saturated carbocycles. The van der Waals surface area contributed by atoms with Gasteiger partial charge >= 0.3 is 0 Å². The number of nitrogens with two attached hydrogens (primary N) is 1. The Labute approximate surface area is 167 Å². The summed E-state index contributed by atoms with van der Waals surface area (Å²) in [6.07, 6.45) is 0. The van der Waals surface area contributed by atoms with E-state index < -0.39 is 5.41 Å². The zero-order valence-electron chi connectivity index (χ0n) is 16.0. The Morgan fingerprint density at radius 2 is 1.83 bits per heavy atom. The van der Waals surface area contributed by atoms with Crippen molar-refractivity contribution >= 4 is 17.4 Å². The maximum Gasteiger partial charge on any atom is 0.247 e. The smallest absolute Gasteiger partial charge is 0.247 e. The molecule has 3 aromatic rings. The summed E-state index contributed by atoms with van der Waals surface area (Å²) in [4.78, 5) is 15.3. The molecule has 7 heteroatoms. The zero-order valence-corrected chi connectivity index (χ0v) is 16.0. The number of fused-ring (bicyclic) bond motifs is 4. The lowest BCUT2D eigenvalue weighted by molar-refractivity contribution is -0.120. The highest BCUT2D eigenvalue weighted by Gasteiger charge is 2.59. The summed E-state index contributed by atoms with van der Waals surface area (Å²) in [5.41, 5.74) is 8.85. The molecule has 1 amide bonds. The number of anilines is 2. The number of carbonyl (C=O) groups is 1. The lowest BCUT2D eigenvalue weighted by Gasteiger charge is -2.34. The van der Waals surface area contributed by atoms with Crippen LogP contribution in [-0.4, -0.2) is 22.7 Å². The average molecular weight is 382 g/mol. The van der Waals surface area contributed by atoms with E-state index >= 15 is 0 Å². The van der Waals surface area contributed by atoms with Crippen LogP contribution in [0.2, 0.25) is 0 Å². The molecule has 2 aromatic carbocycles. The third kappa shape index (κ3) is 1.95. The van der Waals surface area contributed by atoms with E-state index in [4.69, 9.17) is 10.8 Å². The summed E-state index contributed by atoms with van der Waals surface area (Å²) in [5.74, 6) is 0.552. The number of nitrogens with one attached hydrogen (secondary N) is 1. The van der Waals surface area contributed by atoms with Crippen molar-refractivity contribution in [1.29, 1.82) is 5.26 Å². The maximum atomic E-state index is 13.7. The molecular formula is C22H18N6O. The normalized spacial score (nSPS) is 19.8. The molecule has 0 bridgehead atoms. The number of hydrogen-bond donors (Lipinski definition) is 2. The highest BCUT2D eigenvalue weighted by atomic mass is 16.2. The van der Waals surface area contributed by atoms with Gasteiger partial charge in [0.15, 0.2) is 0 Å². The van der Waals surface area contributed by atoms with E-state index in [0.29, 0.717) is 17.1 Å². The van der Waals surface area contributed by atoms with Gasteiger partial charge in [0.2, 0.25) is 5.91 Å². The van der Waals surface area contributed by atoms with E-state index in [-0.39, 0.29) is 17.3 Å². The molecule has 1 unspecified atom stereocenters. The Bertz CT molecular complexity index is 1250. The van der Waals surface area contributed by atoms with E-state index in [1.807, 2.05) is 61.5 Å². The number of hydrogen-bond acceptors (Lipinski definition) is 5. The number of nitriles is 1. The van der Waals surface area contributed by atoms with Crippen LogP contribution in [0, 0.1) is 18.3 Å². The maximum absolute atomic E-state index is 13.7. The number of rotatable bonds is 1. The zero-order chi connectivity index (χ0) is 20.3. The number of carbonyl (C=O) groups excluding carboxylic acids is 1. The highest BCUT2D eigenvalue weighted by Crippen LogP contribution is 2.55. The van der Waals surface area contributed by atoms with E-state index in [9.17, 15) is 10.1 Å². The highest BCUT2D eigenvalue weighted by molar-refractivity contribution is 6.14. The van der Waals surface area contributed by atoms with Crippen molar-refractivity contribution < 1.29 is 4.79 Å². The van der Waals surface area contributed by atoms with Crippen molar-refractivity contribution in [2.24, 2.45) is 5.73 Å². The van der Waals surface area contributed by atoms with Crippen LogP contribution in [0.5, 0.6) is 0 Å². The molecule has 2 aliphatic heterocycles. The Balaban J connectivity index is 1.92. The molecule has 2 aliphatic rings. The summed E-state index contributed by atoms with van der Waals surface area (Å²) in [6.45, 7) is 1.85. The third-order valence-corrected chi connectivity index (χ3v) is 5.74. The molecular weight excluding hydrogens is 364 g/mol. The van der Waals surface area contributed by atoms with Crippen LogP contribution in [-0.2, 0) is 10.2 Å². The van der Waals surface area contributed by atoms with Crippen molar-refractivity contribution in [2.75, 3.05) is 17.3 Å². The average Bonchev–Trinajstić information content (AvgIpc) is 3.18. The van der Waals surface area contributed by atoms with Crippen molar-refractivity contribution in [3.63, 3.8) is 0 Å². The molecule has 29 heavy (non-hydrogen) atoms. The van der Waals surface area contributed by atoms with E-state index in [0.717, 1.165) is 16.9 Å². The Kier molecular flexibility index (Phi) is 3.37. The first-order valence-corrected chi connectivity index (χ1v) is 9.22. The van der Waals surface area contributed by atoms with Crippen LogP contribution >= 0.6 is 0 Å². The molecule has 7 nitrogen and oxygen atoms in total. The molecule has 3 heterocycles. The van der Waals surface area contributed by atoms with E-state index in [1.54, 1.807) is 16.6 Å². The first kappa shape index (κ1) is 17.1. The second-order valence-electron chi connectivity index (χ2n) is 7.21. The Morgan fingerprint density at radius 3 is 2.55 bits per heavy atom. The fraction of sp³-hybridized carbons (Fsp3) is 0.136. The van der Waals surface area contributed by atoms with Gasteiger partial charge in [-0.3, -0.25) is 4.79 Å². The third-order valence-electron chi connectivity index (χ3n) is 5.74. The summed E-state index contributed by atoms with van der Waals surface area (Å²) < 4.78 is 1.74. The molecule has 142 valence electrons. The molecule has 0 aliphatic carbocycles. The molecule has 0 radical (unpaired) electrons. The topological polar surface area (TPSA) is 100.0 Å². The predicted molar refractivity (Wildman–Crippen MR) is 109 cm³/mol. The predicted octanol–water partition coefficient (Wildman–Crippen LogP) is 2.56. The van der Waals surface area contributed by atoms with Gasteiger partial charge in [0.1, 0.15) is 23.1 Å². The van der Waals surface area contributed by atoms with Gasteiger partial charge in [0, 0.05) is 23.9 Å². The van der Waals surface area contributed by atoms with E-state index in [2.05, 4.69) is 11.4 Å². The Hall–Kier alpha value is -4.05. The van der Waals surface area contributed by atoms with Crippen LogP contribution in [0.15, 0.2) is 66.0 Å². The summed E-state index contributed by atoms with van der Waals surface area (Å²) in [6, 6.07) is 19.3. The monoisotopic (exact) mass is 382 g/mol. The second kappa shape index (κ2) is 5.72. The standard InChI is InChI=1S/C22H18N6O/c1-13-18-20(28(26-13)14-8-4-3-5-9-14)25-19(24)16(12-23)22(18)15-10-6-7-11-17(15)27(2)21(22)29/h3-11,25H,24H2,1-2H3. The number of benzene rings is 2. The first-order chi connectivity index (χ1) is 14.0. The molecule has 1 aromatic heterocycles. The summed E-state index contributed by atoms with van der Waals surface area (Å²) >= 11 is 0. The minimum atomic E-state index is -1.32. The number of aryl methyl sites for hydroxylation is 1. The lowest BCUT2D eigenvalue weighted by Crippen LogP contribution is -2.45. The number of likely N-dealkylation sites (N-methyl/N-ethyl adjacent to an activating group) is 1. The molecule has 1 atom stereocenters. The van der Waals surface area contributed by atoms with Crippen molar-refractivity contribution in [1.82, 2.24) is 9.78 Å². The number of amides is 1. The fourth-order valence-corrected chi connectivity index (χ4v) is 4.55. The van der Waals surface area contributed by atoms with Crippen LogP contribution in [0.4, 0.5) is 11.5 Å². The Morgan fingerprint density at radius 1 is 1.14 bits per heavy atom. The minimum absolute atomic E-state index is 0.163. The largest absolute Gasteiger partial charge is 0.384 e. The number of aromatic nitrogens is 2. The summed E-state index contributed by atoms with van der Waals surface area (Å²) in [7, 11) is 1.72. The fourth-order valence-electron chi connectivity index (χ4n) is 4.55. The van der Waals surface area contributed by atoms with Crippen LogP contribution in [0.25, 0.3) is 5.69 Å². The number of para-hydroxylation sites is 2. The summed E-state index contributed by atoms with van der Waals surface area (Å²) in [5, 5.41) is 17.9. The van der Waals surface area contributed by atoms with Gasteiger partial charge in [-0.15, -0.1) is 0 Å². The van der Waals surface area contributed by atoms with Gasteiger partial charge in [-0.1, -0.05) is 36.4 Å². The second-order valence-corrected chi connectivity index (χ2v) is 7.21. The van der Waals surface area contributed by atoms with Crippen LogP contribution in [0.3, 0.4) is 0 Å². The molecule has 3 N–H and O–H groups in total. The van der Waals surface area contributed by atoms with Crippen LogP contribution < -0.4 is 16.0 Å².